The summed E-state index contributed by atoms with van der Waals surface area (Å²) in [4.78, 5) is 12.3. The fourth-order valence-electron chi connectivity index (χ4n) is 3.22. The van der Waals surface area contributed by atoms with Crippen molar-refractivity contribution >= 4 is 5.97 Å². The van der Waals surface area contributed by atoms with Gasteiger partial charge in [0.2, 0.25) is 0 Å². The van der Waals surface area contributed by atoms with Crippen molar-refractivity contribution in [3.63, 3.8) is 0 Å². The zero-order valence-electron chi connectivity index (χ0n) is 14.8. The molecule has 3 nitrogen and oxygen atoms in total. The molecular formula is C21H26FNO2. The average molecular weight is 343 g/mol. The molecule has 0 amide bonds. The largest absolute Gasteiger partial charge is 0.459 e. The Bertz CT molecular complexity index is 622. The number of ether oxygens (including phenoxy) is 1. The molecule has 0 bridgehead atoms. The van der Waals surface area contributed by atoms with Gasteiger partial charge in [-0.3, -0.25) is 0 Å². The molecule has 25 heavy (non-hydrogen) atoms. The first-order valence-electron chi connectivity index (χ1n) is 9.19. The third-order valence-electron chi connectivity index (χ3n) is 4.74. The minimum Gasteiger partial charge on any atom is -0.459 e. The number of hydrogen-bond donors (Lipinski definition) is 0. The standard InChI is InChI=1S/C21H26FNO2/c1-2-3-4-5-16-6-10-18(11-7-16)21(24)25-20-12-8-17(9-13-20)14-19(22)15-23/h6-7,10-11,14,17,20H,2-5,8-9,12-13H2,1H3. The van der Waals surface area contributed by atoms with Crippen LogP contribution in [-0.4, -0.2) is 12.1 Å². The Hall–Kier alpha value is -2.15. The van der Waals surface area contributed by atoms with E-state index in [2.05, 4.69) is 6.92 Å². The van der Waals surface area contributed by atoms with Crippen molar-refractivity contribution in [3.05, 3.63) is 47.3 Å². The molecule has 0 aromatic heterocycles. The van der Waals surface area contributed by atoms with Gasteiger partial charge in [0.25, 0.3) is 0 Å². The van der Waals surface area contributed by atoms with Crippen molar-refractivity contribution in [2.24, 2.45) is 5.92 Å². The van der Waals surface area contributed by atoms with Crippen molar-refractivity contribution in [3.8, 4) is 6.07 Å². The first-order valence-corrected chi connectivity index (χ1v) is 9.19. The third kappa shape index (κ3) is 6.34. The number of aryl methyl sites for hydroxylation is 1. The molecule has 1 fully saturated rings. The highest BCUT2D eigenvalue weighted by atomic mass is 19.1. The molecule has 1 aromatic carbocycles. The molecule has 134 valence electrons. The zero-order valence-corrected chi connectivity index (χ0v) is 14.8. The number of halogens is 1. The highest BCUT2D eigenvalue weighted by molar-refractivity contribution is 5.89. The number of unbranched alkanes of at least 4 members (excludes halogenated alkanes) is 2. The van der Waals surface area contributed by atoms with E-state index < -0.39 is 5.83 Å². The van der Waals surface area contributed by atoms with Gasteiger partial charge in [0.15, 0.2) is 5.83 Å². The number of hydrogen-bond acceptors (Lipinski definition) is 3. The van der Waals surface area contributed by atoms with Crippen LogP contribution in [0.15, 0.2) is 36.2 Å². The molecule has 4 heteroatoms. The number of esters is 1. The number of carbonyl (C=O) groups is 1. The van der Waals surface area contributed by atoms with Gasteiger partial charge in [0.1, 0.15) is 12.2 Å². The Morgan fingerprint density at radius 1 is 1.24 bits per heavy atom. The lowest BCUT2D eigenvalue weighted by Gasteiger charge is -2.26. The first-order chi connectivity index (χ1) is 12.1. The molecule has 0 heterocycles. The Labute approximate surface area is 149 Å². The number of allylic oxidation sites excluding steroid dienone is 2. The van der Waals surface area contributed by atoms with E-state index in [0.29, 0.717) is 18.4 Å². The number of nitrogens with zero attached hydrogens (tertiary/aromatic N) is 1. The summed E-state index contributed by atoms with van der Waals surface area (Å²) < 4.78 is 18.6. The van der Waals surface area contributed by atoms with E-state index in [-0.39, 0.29) is 18.0 Å². The lowest BCUT2D eigenvalue weighted by atomic mass is 9.87. The van der Waals surface area contributed by atoms with Crippen molar-refractivity contribution in [1.82, 2.24) is 0 Å². The van der Waals surface area contributed by atoms with E-state index in [1.54, 1.807) is 0 Å². The molecule has 1 aromatic rings. The second kappa shape index (κ2) is 9.98. The van der Waals surface area contributed by atoms with Crippen LogP contribution >= 0.6 is 0 Å². The summed E-state index contributed by atoms with van der Waals surface area (Å²) >= 11 is 0. The molecule has 0 radical (unpaired) electrons. The van der Waals surface area contributed by atoms with Gasteiger partial charge in [-0.15, -0.1) is 0 Å². The normalized spacial score (nSPS) is 20.8. The summed E-state index contributed by atoms with van der Waals surface area (Å²) in [6, 6.07) is 9.17. The van der Waals surface area contributed by atoms with E-state index in [9.17, 15) is 9.18 Å². The monoisotopic (exact) mass is 343 g/mol. The predicted octanol–water partition coefficient (Wildman–Crippen LogP) is 5.51. The van der Waals surface area contributed by atoms with E-state index >= 15 is 0 Å². The molecule has 0 unspecified atom stereocenters. The smallest absolute Gasteiger partial charge is 0.338 e. The van der Waals surface area contributed by atoms with E-state index in [1.807, 2.05) is 24.3 Å². The Morgan fingerprint density at radius 3 is 2.52 bits per heavy atom. The summed E-state index contributed by atoms with van der Waals surface area (Å²) in [5, 5.41) is 8.48. The molecule has 1 saturated carbocycles. The Kier molecular flexibility index (Phi) is 7.66. The Morgan fingerprint density at radius 2 is 1.92 bits per heavy atom. The van der Waals surface area contributed by atoms with Crippen LogP contribution in [0, 0.1) is 17.2 Å². The van der Waals surface area contributed by atoms with Crippen LogP contribution in [0.3, 0.4) is 0 Å². The van der Waals surface area contributed by atoms with Gasteiger partial charge in [-0.05, 0) is 68.2 Å². The fourth-order valence-corrected chi connectivity index (χ4v) is 3.22. The summed E-state index contributed by atoms with van der Waals surface area (Å²) in [5.74, 6) is -0.946. The van der Waals surface area contributed by atoms with Crippen molar-refractivity contribution in [2.75, 3.05) is 0 Å². The van der Waals surface area contributed by atoms with E-state index in [1.165, 1.54) is 37.0 Å². The predicted molar refractivity (Wildman–Crippen MR) is 95.6 cm³/mol. The first kappa shape index (κ1) is 19.2. The van der Waals surface area contributed by atoms with Gasteiger partial charge in [-0.2, -0.15) is 9.65 Å². The number of nitriles is 1. The van der Waals surface area contributed by atoms with Crippen LogP contribution in [0.1, 0.15) is 67.8 Å². The van der Waals surface area contributed by atoms with Crippen molar-refractivity contribution in [2.45, 2.75) is 64.4 Å². The average Bonchev–Trinajstić information content (AvgIpc) is 2.64. The summed E-state index contributed by atoms with van der Waals surface area (Å²) in [6.07, 6.45) is 8.80. The number of carbonyl (C=O) groups excluding carboxylic acids is 1. The summed E-state index contributed by atoms with van der Waals surface area (Å²) in [7, 11) is 0. The maximum absolute atomic E-state index is 13.0. The van der Waals surface area contributed by atoms with Crippen molar-refractivity contribution < 1.29 is 13.9 Å². The van der Waals surface area contributed by atoms with Crippen LogP contribution in [0.5, 0.6) is 0 Å². The topological polar surface area (TPSA) is 50.1 Å². The number of rotatable bonds is 7. The SMILES string of the molecule is CCCCCc1ccc(C(=O)OC2CCC(C=C(F)C#N)CC2)cc1. The molecule has 2 rings (SSSR count). The highest BCUT2D eigenvalue weighted by Crippen LogP contribution is 2.28. The summed E-state index contributed by atoms with van der Waals surface area (Å²) in [6.45, 7) is 2.18. The van der Waals surface area contributed by atoms with Gasteiger partial charge >= 0.3 is 5.97 Å². The minimum atomic E-state index is -0.723. The molecule has 1 aliphatic rings. The highest BCUT2D eigenvalue weighted by Gasteiger charge is 2.23. The summed E-state index contributed by atoms with van der Waals surface area (Å²) in [5.41, 5.74) is 1.83. The maximum atomic E-state index is 13.0. The van der Waals surface area contributed by atoms with E-state index in [4.69, 9.17) is 10.00 Å². The van der Waals surface area contributed by atoms with Crippen LogP contribution in [0.4, 0.5) is 4.39 Å². The van der Waals surface area contributed by atoms with Crippen LogP contribution < -0.4 is 0 Å². The lowest BCUT2D eigenvalue weighted by molar-refractivity contribution is 0.0184. The Balaban J connectivity index is 1.80. The van der Waals surface area contributed by atoms with Gasteiger partial charge in [0.05, 0.1) is 5.56 Å². The lowest BCUT2D eigenvalue weighted by Crippen LogP contribution is -2.24. The van der Waals surface area contributed by atoms with Crippen LogP contribution in [-0.2, 0) is 11.2 Å². The van der Waals surface area contributed by atoms with Crippen molar-refractivity contribution in [1.29, 1.82) is 5.26 Å². The van der Waals surface area contributed by atoms with E-state index in [0.717, 1.165) is 19.3 Å². The van der Waals surface area contributed by atoms with Gasteiger partial charge in [0, 0.05) is 0 Å². The quantitative estimate of drug-likeness (QED) is 0.372. The minimum absolute atomic E-state index is 0.0667. The van der Waals surface area contributed by atoms with Crippen LogP contribution in [0.2, 0.25) is 0 Å². The molecule has 0 N–H and O–H groups in total. The van der Waals surface area contributed by atoms with Crippen LogP contribution in [0.25, 0.3) is 0 Å². The second-order valence-electron chi connectivity index (χ2n) is 6.72. The molecular weight excluding hydrogens is 317 g/mol. The fraction of sp³-hybridized carbons (Fsp3) is 0.524. The van der Waals surface area contributed by atoms with Gasteiger partial charge < -0.3 is 4.74 Å². The molecule has 0 spiro atoms. The number of benzene rings is 1. The zero-order chi connectivity index (χ0) is 18.1. The molecule has 0 saturated heterocycles. The maximum Gasteiger partial charge on any atom is 0.338 e. The second-order valence-corrected chi connectivity index (χ2v) is 6.72. The third-order valence-corrected chi connectivity index (χ3v) is 4.74. The molecule has 0 atom stereocenters. The molecule has 0 aliphatic heterocycles. The molecule has 1 aliphatic carbocycles. The van der Waals surface area contributed by atoms with Gasteiger partial charge in [-0.1, -0.05) is 31.9 Å². The van der Waals surface area contributed by atoms with Gasteiger partial charge in [-0.25, -0.2) is 4.79 Å².